The molecule has 4 saturated carbocycles. The van der Waals surface area contributed by atoms with Crippen molar-refractivity contribution in [2.75, 3.05) is 0 Å². The summed E-state index contributed by atoms with van der Waals surface area (Å²) in [5.74, 6) is 2.37. The second-order valence-corrected chi connectivity index (χ2v) is 18.0. The van der Waals surface area contributed by atoms with Crippen LogP contribution in [0.25, 0.3) is 72.2 Å². The van der Waals surface area contributed by atoms with Crippen molar-refractivity contribution in [3.05, 3.63) is 187 Å². The van der Waals surface area contributed by atoms with Crippen molar-refractivity contribution in [2.45, 2.75) is 42.9 Å². The molecule has 1 spiro atoms. The number of aromatic nitrogens is 3. The molecular weight excluding hydrogens is 717 g/mol. The molecule has 0 amide bonds. The molecule has 59 heavy (non-hydrogen) atoms. The summed E-state index contributed by atoms with van der Waals surface area (Å²) in [4.78, 5) is 10.3. The molecule has 9 aromatic rings. The zero-order valence-corrected chi connectivity index (χ0v) is 32.6. The van der Waals surface area contributed by atoms with Crippen LogP contribution in [0.15, 0.2) is 170 Å². The average Bonchev–Trinajstić information content (AvgIpc) is 3.90. The minimum Gasteiger partial charge on any atom is -0.309 e. The molecule has 0 radical (unpaired) electrons. The molecule has 4 aliphatic carbocycles. The first kappa shape index (κ1) is 33.2. The van der Waals surface area contributed by atoms with Gasteiger partial charge in [-0.15, -0.1) is 0 Å². The van der Waals surface area contributed by atoms with Gasteiger partial charge in [-0.25, -0.2) is 9.97 Å². The van der Waals surface area contributed by atoms with Crippen molar-refractivity contribution in [1.82, 2.24) is 14.5 Å². The Bertz CT molecular complexity index is 3230. The molecule has 5 unspecified atom stereocenters. The molecule has 2 bridgehead atoms. The van der Waals surface area contributed by atoms with Gasteiger partial charge in [-0.05, 0) is 125 Å². The fourth-order valence-corrected chi connectivity index (χ4v) is 13.1. The van der Waals surface area contributed by atoms with Crippen LogP contribution in [0, 0.1) is 28.6 Å². The van der Waals surface area contributed by atoms with Gasteiger partial charge in [0.1, 0.15) is 0 Å². The van der Waals surface area contributed by atoms with E-state index in [0.717, 1.165) is 51.4 Å². The Hall–Kier alpha value is -6.83. The van der Waals surface area contributed by atoms with Crippen LogP contribution in [-0.4, -0.2) is 14.5 Å². The van der Waals surface area contributed by atoms with Gasteiger partial charge in [-0.1, -0.05) is 121 Å². The maximum atomic E-state index is 9.53. The molecular formula is C55H40N4. The van der Waals surface area contributed by atoms with Crippen molar-refractivity contribution in [2.24, 2.45) is 17.3 Å². The number of hydrogen-bond donors (Lipinski definition) is 0. The SMILES string of the molecule is N#Cc1ccc(-n2c3ccccc3c3ccc(C45CC6CC7CC(c8ccc(-c9cc(-c%10ccc%11ccccc%11c%10)nc(-c%10ccccc%10)n9)cc8)(C4)CC765)cc32)cc1. The predicted molar refractivity (Wildman–Crippen MR) is 237 cm³/mol. The monoisotopic (exact) mass is 756 g/mol. The smallest absolute Gasteiger partial charge is 0.160 e. The third-order valence-electron chi connectivity index (χ3n) is 15.5. The van der Waals surface area contributed by atoms with E-state index in [9.17, 15) is 5.26 Å². The number of benzene rings is 7. The average molecular weight is 757 g/mol. The van der Waals surface area contributed by atoms with Gasteiger partial charge in [-0.2, -0.15) is 5.26 Å². The molecule has 4 aliphatic rings. The summed E-state index contributed by atoms with van der Waals surface area (Å²) in [5, 5.41) is 14.5. The lowest BCUT2D eigenvalue weighted by Gasteiger charge is -2.73. The van der Waals surface area contributed by atoms with Crippen LogP contribution in [0.1, 0.15) is 48.8 Å². The molecule has 4 fully saturated rings. The van der Waals surface area contributed by atoms with Crippen LogP contribution in [0.5, 0.6) is 0 Å². The number of nitriles is 1. The Morgan fingerprint density at radius 2 is 1.24 bits per heavy atom. The van der Waals surface area contributed by atoms with Gasteiger partial charge in [0.2, 0.25) is 0 Å². The lowest BCUT2D eigenvalue weighted by Crippen LogP contribution is -2.69. The topological polar surface area (TPSA) is 54.5 Å². The first-order valence-corrected chi connectivity index (χ1v) is 21.1. The first-order valence-electron chi connectivity index (χ1n) is 21.1. The van der Waals surface area contributed by atoms with Gasteiger partial charge in [0.25, 0.3) is 0 Å². The van der Waals surface area contributed by atoms with E-state index < -0.39 is 0 Å². The van der Waals surface area contributed by atoms with E-state index in [1.165, 1.54) is 75.8 Å². The minimum absolute atomic E-state index is 0.181. The van der Waals surface area contributed by atoms with Crippen molar-refractivity contribution in [1.29, 1.82) is 5.26 Å². The lowest BCUT2D eigenvalue weighted by molar-refractivity contribution is -0.199. The minimum atomic E-state index is 0.181. The van der Waals surface area contributed by atoms with Gasteiger partial charge in [0, 0.05) is 38.6 Å². The van der Waals surface area contributed by atoms with Gasteiger partial charge in [-0.3, -0.25) is 0 Å². The number of hydrogen-bond acceptors (Lipinski definition) is 3. The molecule has 2 heterocycles. The van der Waals surface area contributed by atoms with E-state index in [2.05, 4.69) is 162 Å². The zero-order chi connectivity index (χ0) is 38.9. The summed E-state index contributed by atoms with van der Waals surface area (Å²) < 4.78 is 2.42. The van der Waals surface area contributed by atoms with E-state index in [0.29, 0.717) is 11.0 Å². The Morgan fingerprint density at radius 1 is 0.542 bits per heavy atom. The van der Waals surface area contributed by atoms with Crippen LogP contribution in [0.2, 0.25) is 0 Å². The highest BCUT2D eigenvalue weighted by Gasteiger charge is 2.84. The summed E-state index contributed by atoms with van der Waals surface area (Å²) in [7, 11) is 0. The second kappa shape index (κ2) is 11.9. The Morgan fingerprint density at radius 3 is 2.05 bits per heavy atom. The van der Waals surface area contributed by atoms with Gasteiger partial charge in [0.15, 0.2) is 5.82 Å². The second-order valence-electron chi connectivity index (χ2n) is 18.0. The number of nitrogens with zero attached hydrogens (tertiary/aromatic N) is 4. The Balaban J connectivity index is 0.887. The van der Waals surface area contributed by atoms with Crippen LogP contribution in [0.4, 0.5) is 0 Å². The van der Waals surface area contributed by atoms with Crippen LogP contribution in [0.3, 0.4) is 0 Å². The van der Waals surface area contributed by atoms with Crippen molar-refractivity contribution < 1.29 is 0 Å². The van der Waals surface area contributed by atoms with Crippen LogP contribution in [-0.2, 0) is 10.8 Å². The van der Waals surface area contributed by atoms with E-state index >= 15 is 0 Å². The quantitative estimate of drug-likeness (QED) is 0.170. The summed E-state index contributed by atoms with van der Waals surface area (Å²) >= 11 is 0. The largest absolute Gasteiger partial charge is 0.309 e. The zero-order valence-electron chi connectivity index (χ0n) is 32.6. The molecule has 7 aromatic carbocycles. The maximum Gasteiger partial charge on any atom is 0.160 e. The fraction of sp³-hybridized carbons (Fsp3) is 0.182. The van der Waals surface area contributed by atoms with Crippen LogP contribution < -0.4 is 0 Å². The molecule has 4 nitrogen and oxygen atoms in total. The van der Waals surface area contributed by atoms with E-state index in [1.54, 1.807) is 0 Å². The molecule has 13 rings (SSSR count). The number of fused-ring (bicyclic) bond motifs is 5. The highest BCUT2D eigenvalue weighted by molar-refractivity contribution is 6.09. The Labute approximate surface area is 343 Å². The summed E-state index contributed by atoms with van der Waals surface area (Å²) in [6.45, 7) is 0. The molecule has 280 valence electrons. The normalized spacial score (nSPS) is 24.8. The van der Waals surface area contributed by atoms with E-state index in [4.69, 9.17) is 9.97 Å². The summed E-state index contributed by atoms with van der Waals surface area (Å²) in [6.07, 6.45) is 6.49. The molecule has 2 aromatic heterocycles. The first-order chi connectivity index (χ1) is 29.0. The van der Waals surface area contributed by atoms with E-state index in [1.807, 2.05) is 18.2 Å². The van der Waals surface area contributed by atoms with Crippen molar-refractivity contribution >= 4 is 32.6 Å². The predicted octanol–water partition coefficient (Wildman–Crippen LogP) is 13.0. The third kappa shape index (κ3) is 4.48. The summed E-state index contributed by atoms with van der Waals surface area (Å²) in [5.41, 5.74) is 13.2. The Kier molecular flexibility index (Phi) is 6.67. The molecule has 4 heteroatoms. The molecule has 0 aliphatic heterocycles. The van der Waals surface area contributed by atoms with E-state index in [-0.39, 0.29) is 10.8 Å². The number of rotatable bonds is 6. The third-order valence-corrected chi connectivity index (χ3v) is 15.5. The van der Waals surface area contributed by atoms with Gasteiger partial charge in [0.05, 0.1) is 34.1 Å². The number of para-hydroxylation sites is 1. The highest BCUT2D eigenvalue weighted by atomic mass is 15.0. The maximum absolute atomic E-state index is 9.53. The summed E-state index contributed by atoms with van der Waals surface area (Å²) in [6, 6.07) is 63.8. The van der Waals surface area contributed by atoms with Crippen LogP contribution >= 0.6 is 0 Å². The highest BCUT2D eigenvalue weighted by Crippen LogP contribution is 2.89. The standard InChI is InChI=1S/C55H40N4/c56-32-35-14-23-45(24-15-35)59-50-13-7-6-12-46(50)47-25-22-42(28-51(47)59)54-31-44-27-43-30-53(33-54,34-55(43,44)54)41-20-18-37(19-21-41)48-29-49(58-52(57-48)38-9-2-1-3-10-38)40-17-16-36-8-4-5-11-39(36)26-40/h1-26,28-29,43-44H,27,30-31,33-34H2. The van der Waals surface area contributed by atoms with Crippen molar-refractivity contribution in [3.63, 3.8) is 0 Å². The molecule has 5 atom stereocenters. The molecule has 0 saturated heterocycles. The van der Waals surface area contributed by atoms with Gasteiger partial charge >= 0.3 is 0 Å². The lowest BCUT2D eigenvalue weighted by atomic mass is 9.30. The fourth-order valence-electron chi connectivity index (χ4n) is 13.1. The molecule has 0 N–H and O–H groups in total. The van der Waals surface area contributed by atoms with Gasteiger partial charge < -0.3 is 4.57 Å². The van der Waals surface area contributed by atoms with Crippen molar-refractivity contribution in [3.8, 4) is 45.7 Å².